The average molecular weight is 383 g/mol. The van der Waals surface area contributed by atoms with Gasteiger partial charge in [0.15, 0.2) is 16.6 Å². The first-order chi connectivity index (χ1) is 12.2. The van der Waals surface area contributed by atoms with Gasteiger partial charge in [-0.2, -0.15) is 0 Å². The lowest BCUT2D eigenvalue weighted by Crippen LogP contribution is -2.47. The van der Waals surface area contributed by atoms with Crippen LogP contribution in [0.15, 0.2) is 0 Å². The second kappa shape index (κ2) is 8.26. The van der Waals surface area contributed by atoms with Crippen molar-refractivity contribution in [2.75, 3.05) is 25.0 Å². The monoisotopic (exact) mass is 383 g/mol. The van der Waals surface area contributed by atoms with Gasteiger partial charge in [0.25, 0.3) is 0 Å². The maximum absolute atomic E-state index is 12.5. The highest BCUT2D eigenvalue weighted by molar-refractivity contribution is 7.18. The van der Waals surface area contributed by atoms with Gasteiger partial charge in [-0.25, -0.2) is 14.6 Å². The quantitative estimate of drug-likeness (QED) is 0.589. The van der Waals surface area contributed by atoms with Gasteiger partial charge in [-0.15, -0.1) is 0 Å². The molecule has 0 aliphatic carbocycles. The summed E-state index contributed by atoms with van der Waals surface area (Å²) >= 11 is 0.886. The minimum Gasteiger partial charge on any atom is -0.481 e. The number of anilines is 1. The molecule has 0 saturated carbocycles. The van der Waals surface area contributed by atoms with Crippen LogP contribution in [0.25, 0.3) is 0 Å². The summed E-state index contributed by atoms with van der Waals surface area (Å²) in [6, 6.07) is -0.512. The van der Waals surface area contributed by atoms with Gasteiger partial charge in [-0.1, -0.05) is 18.3 Å². The van der Waals surface area contributed by atoms with Gasteiger partial charge in [0.2, 0.25) is 0 Å². The molecule has 2 amide bonds. The summed E-state index contributed by atoms with van der Waals surface area (Å²) in [6.45, 7) is 5.47. The summed E-state index contributed by atoms with van der Waals surface area (Å²) in [5.41, 5.74) is -0.130. The Kier molecular flexibility index (Phi) is 6.30. The van der Waals surface area contributed by atoms with Gasteiger partial charge in [-0.05, 0) is 19.3 Å². The highest BCUT2D eigenvalue weighted by atomic mass is 32.1. The number of aliphatic carboxylic acids is 1. The number of carbonyl (C=O) groups excluding carboxylic acids is 3. The van der Waals surface area contributed by atoms with Crippen LogP contribution in [0.5, 0.6) is 0 Å². The zero-order valence-corrected chi connectivity index (χ0v) is 15.6. The van der Waals surface area contributed by atoms with E-state index in [4.69, 9.17) is 4.74 Å². The fraction of sp³-hybridized carbons (Fsp3) is 0.562. The smallest absolute Gasteiger partial charge is 0.358 e. The van der Waals surface area contributed by atoms with Gasteiger partial charge in [0.05, 0.1) is 12.5 Å². The lowest BCUT2D eigenvalue weighted by atomic mass is 9.91. The van der Waals surface area contributed by atoms with Crippen molar-refractivity contribution in [3.05, 3.63) is 10.6 Å². The Hall–Kier alpha value is -2.49. The van der Waals surface area contributed by atoms with Gasteiger partial charge in [-0.3, -0.25) is 14.9 Å². The summed E-state index contributed by atoms with van der Waals surface area (Å²) in [5, 5.41) is 11.8. The molecule has 2 atom stereocenters. The Labute approximate surface area is 154 Å². The molecule has 0 spiro atoms. The van der Waals surface area contributed by atoms with E-state index in [-0.39, 0.29) is 40.6 Å². The van der Waals surface area contributed by atoms with E-state index in [9.17, 15) is 24.3 Å². The highest BCUT2D eigenvalue weighted by Gasteiger charge is 2.32. The molecule has 9 nitrogen and oxygen atoms in total. The second-order valence-electron chi connectivity index (χ2n) is 6.18. The van der Waals surface area contributed by atoms with E-state index in [1.807, 2.05) is 6.92 Å². The number of urea groups is 1. The number of rotatable bonds is 5. The fourth-order valence-corrected chi connectivity index (χ4v) is 3.65. The zero-order chi connectivity index (χ0) is 19.4. The molecule has 1 aromatic heterocycles. The Morgan fingerprint density at radius 3 is 2.62 bits per heavy atom. The number of aromatic nitrogens is 1. The summed E-state index contributed by atoms with van der Waals surface area (Å²) in [5.74, 6) is -2.60. The molecular formula is C16H21N3O6S. The standard InChI is InChI=1S/C16H21N3O6S/c1-4-25-14(23)11-12(9(3)20)26-15(17-11)18-16(24)19-6-8(2)5-10(7-19)13(21)22/h8,10H,4-7H2,1-3H3,(H,21,22)(H,17,18,24). The molecule has 1 aliphatic heterocycles. The number of carbonyl (C=O) groups is 4. The number of amides is 2. The number of esters is 1. The molecule has 2 heterocycles. The molecule has 26 heavy (non-hydrogen) atoms. The van der Waals surface area contributed by atoms with Crippen molar-refractivity contribution in [1.29, 1.82) is 0 Å². The van der Waals surface area contributed by atoms with Crippen molar-refractivity contribution < 1.29 is 29.0 Å². The third-order valence-electron chi connectivity index (χ3n) is 3.93. The topological polar surface area (TPSA) is 126 Å². The van der Waals surface area contributed by atoms with Crippen LogP contribution in [-0.2, 0) is 9.53 Å². The Balaban J connectivity index is 2.15. The number of likely N-dealkylation sites (tertiary alicyclic amines) is 1. The number of hydrogen-bond acceptors (Lipinski definition) is 7. The SMILES string of the molecule is CCOC(=O)c1nc(NC(=O)N2CC(C)CC(C(=O)O)C2)sc1C(C)=O. The highest BCUT2D eigenvalue weighted by Crippen LogP contribution is 2.26. The van der Waals surface area contributed by atoms with Crippen molar-refractivity contribution in [2.45, 2.75) is 27.2 Å². The van der Waals surface area contributed by atoms with Crippen LogP contribution < -0.4 is 5.32 Å². The second-order valence-corrected chi connectivity index (χ2v) is 7.18. The van der Waals surface area contributed by atoms with Crippen molar-refractivity contribution in [3.8, 4) is 0 Å². The molecule has 1 aliphatic rings. The van der Waals surface area contributed by atoms with Crippen LogP contribution >= 0.6 is 11.3 Å². The first kappa shape index (κ1) is 19.8. The summed E-state index contributed by atoms with van der Waals surface area (Å²) in [6.07, 6.45) is 0.512. The maximum Gasteiger partial charge on any atom is 0.358 e. The lowest BCUT2D eigenvalue weighted by molar-refractivity contribution is -0.143. The third kappa shape index (κ3) is 4.57. The molecule has 10 heteroatoms. The average Bonchev–Trinajstić information content (AvgIpc) is 2.98. The van der Waals surface area contributed by atoms with E-state index in [0.29, 0.717) is 13.0 Å². The zero-order valence-electron chi connectivity index (χ0n) is 14.8. The Bertz CT molecular complexity index is 732. The third-order valence-corrected chi connectivity index (χ3v) is 5.00. The van der Waals surface area contributed by atoms with Gasteiger partial charge in [0.1, 0.15) is 4.88 Å². The van der Waals surface area contributed by atoms with Gasteiger partial charge < -0.3 is 14.7 Å². The minimum atomic E-state index is -0.938. The summed E-state index contributed by atoms with van der Waals surface area (Å²) in [7, 11) is 0. The first-order valence-corrected chi connectivity index (χ1v) is 9.02. The summed E-state index contributed by atoms with van der Waals surface area (Å²) in [4.78, 5) is 52.8. The van der Waals surface area contributed by atoms with Crippen LogP contribution in [0.3, 0.4) is 0 Å². The van der Waals surface area contributed by atoms with Crippen LogP contribution in [0.4, 0.5) is 9.93 Å². The number of Topliss-reactive ketones (excluding diaryl/α,β-unsaturated/α-hetero) is 1. The van der Waals surface area contributed by atoms with E-state index in [1.54, 1.807) is 6.92 Å². The Morgan fingerprint density at radius 2 is 2.04 bits per heavy atom. The number of carboxylic acid groups (broad SMARTS) is 1. The largest absolute Gasteiger partial charge is 0.481 e. The van der Waals surface area contributed by atoms with Crippen molar-refractivity contribution in [3.63, 3.8) is 0 Å². The van der Waals surface area contributed by atoms with Crippen LogP contribution in [0, 0.1) is 11.8 Å². The molecule has 0 bridgehead atoms. The minimum absolute atomic E-state index is 0.0507. The van der Waals surface area contributed by atoms with Crippen LogP contribution in [0.2, 0.25) is 0 Å². The molecule has 1 fully saturated rings. The van der Waals surface area contributed by atoms with Gasteiger partial charge >= 0.3 is 18.0 Å². The number of carboxylic acids is 1. The number of hydrogen-bond donors (Lipinski definition) is 2. The predicted octanol–water partition coefficient (Wildman–Crippen LogP) is 2.10. The number of nitrogens with one attached hydrogen (secondary N) is 1. The lowest BCUT2D eigenvalue weighted by Gasteiger charge is -2.34. The normalized spacial score (nSPS) is 19.7. The van der Waals surface area contributed by atoms with Gasteiger partial charge in [0, 0.05) is 20.0 Å². The summed E-state index contributed by atoms with van der Waals surface area (Å²) < 4.78 is 4.87. The number of nitrogens with zero attached hydrogens (tertiary/aromatic N) is 2. The van der Waals surface area contributed by atoms with Crippen molar-refractivity contribution in [2.24, 2.45) is 11.8 Å². The van der Waals surface area contributed by atoms with E-state index < -0.39 is 23.9 Å². The number of piperidine rings is 1. The van der Waals surface area contributed by atoms with Crippen LogP contribution in [-0.4, -0.2) is 58.4 Å². The molecular weight excluding hydrogens is 362 g/mol. The molecule has 2 N–H and O–H groups in total. The molecule has 1 saturated heterocycles. The van der Waals surface area contributed by atoms with E-state index in [2.05, 4.69) is 10.3 Å². The van der Waals surface area contributed by atoms with Crippen molar-refractivity contribution in [1.82, 2.24) is 9.88 Å². The number of thiazole rings is 1. The molecule has 142 valence electrons. The molecule has 2 rings (SSSR count). The Morgan fingerprint density at radius 1 is 1.35 bits per heavy atom. The molecule has 2 unspecified atom stereocenters. The van der Waals surface area contributed by atoms with Crippen LogP contribution in [0.1, 0.15) is 47.4 Å². The van der Waals surface area contributed by atoms with E-state index in [1.165, 1.54) is 11.8 Å². The maximum atomic E-state index is 12.5. The molecule has 0 radical (unpaired) electrons. The first-order valence-electron chi connectivity index (χ1n) is 8.20. The number of ketones is 1. The van der Waals surface area contributed by atoms with E-state index >= 15 is 0 Å². The molecule has 0 aromatic carbocycles. The van der Waals surface area contributed by atoms with E-state index in [0.717, 1.165) is 11.3 Å². The molecule has 1 aromatic rings. The van der Waals surface area contributed by atoms with Crippen molar-refractivity contribution >= 4 is 40.2 Å². The number of ether oxygens (including phenoxy) is 1. The fourth-order valence-electron chi connectivity index (χ4n) is 2.82. The predicted molar refractivity (Wildman–Crippen MR) is 93.6 cm³/mol.